The fourth-order valence-corrected chi connectivity index (χ4v) is 0.665. The predicted molar refractivity (Wildman–Crippen MR) is 49.6 cm³/mol. The monoisotopic (exact) mass is 256 g/mol. The fraction of sp³-hybridized carbons (Fsp3) is 0.143. The van der Waals surface area contributed by atoms with Gasteiger partial charge in [0.1, 0.15) is 0 Å². The van der Waals surface area contributed by atoms with Gasteiger partial charge in [-0.3, -0.25) is 0 Å². The molecular weight excluding hydrogens is 249 g/mol. The van der Waals surface area contributed by atoms with Crippen LogP contribution in [-0.2, 0) is 0 Å². The Morgan fingerprint density at radius 3 is 2.00 bits per heavy atom. The summed E-state index contributed by atoms with van der Waals surface area (Å²) in [6, 6.07) is 8.05. The van der Waals surface area contributed by atoms with Gasteiger partial charge in [0.05, 0.1) is 0 Å². The summed E-state index contributed by atoms with van der Waals surface area (Å²) >= 11 is 0. The molecule has 0 aliphatic rings. The lowest BCUT2D eigenvalue weighted by atomic mass is 10.3. The van der Waals surface area contributed by atoms with Crippen LogP contribution in [-0.4, -0.2) is 6.30 Å². The van der Waals surface area contributed by atoms with E-state index in [1.807, 2.05) is 5.43 Å². The molecule has 0 aliphatic heterocycles. The molecule has 0 atom stereocenters. The van der Waals surface area contributed by atoms with Crippen LogP contribution in [0.25, 0.3) is 0 Å². The maximum absolute atomic E-state index is 11.6. The third-order valence-corrected chi connectivity index (χ3v) is 1.12. The lowest BCUT2D eigenvalue weighted by Crippen LogP contribution is -2.36. The minimum absolute atomic E-state index is 0. The van der Waals surface area contributed by atoms with Crippen LogP contribution in [0, 0.1) is 0 Å². The molecule has 74 valence electrons. The normalized spacial score (nSPS) is 10.4. The van der Waals surface area contributed by atoms with Crippen molar-refractivity contribution in [3.05, 3.63) is 30.3 Å². The first-order valence-electron chi connectivity index (χ1n) is 3.23. The number of benzene rings is 1. The molecule has 0 amide bonds. The SMILES string of the molecule is Br.FC(F)(F)NNc1ccccc1. The van der Waals surface area contributed by atoms with Crippen molar-refractivity contribution < 1.29 is 13.2 Å². The van der Waals surface area contributed by atoms with Crippen LogP contribution in [0.1, 0.15) is 0 Å². The van der Waals surface area contributed by atoms with Crippen molar-refractivity contribution in [2.75, 3.05) is 5.43 Å². The Morgan fingerprint density at radius 2 is 1.54 bits per heavy atom. The lowest BCUT2D eigenvalue weighted by molar-refractivity contribution is -0.151. The van der Waals surface area contributed by atoms with Crippen molar-refractivity contribution in [3.8, 4) is 0 Å². The summed E-state index contributed by atoms with van der Waals surface area (Å²) in [6.07, 6.45) is -4.41. The number of anilines is 1. The summed E-state index contributed by atoms with van der Waals surface area (Å²) in [7, 11) is 0. The van der Waals surface area contributed by atoms with Gasteiger partial charge in [-0.1, -0.05) is 18.2 Å². The molecule has 0 unspecified atom stereocenters. The van der Waals surface area contributed by atoms with E-state index in [0.717, 1.165) is 0 Å². The van der Waals surface area contributed by atoms with Gasteiger partial charge < -0.3 is 5.43 Å². The van der Waals surface area contributed by atoms with Gasteiger partial charge in [-0.05, 0) is 12.1 Å². The van der Waals surface area contributed by atoms with Crippen LogP contribution >= 0.6 is 17.0 Å². The van der Waals surface area contributed by atoms with Crippen LogP contribution in [0.4, 0.5) is 18.9 Å². The van der Waals surface area contributed by atoms with Crippen LogP contribution in [0.5, 0.6) is 0 Å². The molecule has 6 heteroatoms. The van der Waals surface area contributed by atoms with Crippen molar-refractivity contribution in [2.45, 2.75) is 6.30 Å². The van der Waals surface area contributed by atoms with Gasteiger partial charge in [0.25, 0.3) is 0 Å². The molecule has 0 saturated heterocycles. The zero-order valence-corrected chi connectivity index (χ0v) is 8.14. The summed E-state index contributed by atoms with van der Waals surface area (Å²) in [5.41, 5.74) is 3.57. The summed E-state index contributed by atoms with van der Waals surface area (Å²) in [6.45, 7) is 0. The van der Waals surface area contributed by atoms with Gasteiger partial charge in [-0.2, -0.15) is 13.2 Å². The second kappa shape index (κ2) is 5.08. The quantitative estimate of drug-likeness (QED) is 0.628. The molecule has 2 nitrogen and oxygen atoms in total. The van der Waals surface area contributed by atoms with Gasteiger partial charge in [-0.25, -0.2) is 0 Å². The van der Waals surface area contributed by atoms with E-state index in [1.54, 1.807) is 18.2 Å². The molecule has 0 spiro atoms. The Labute approximate surface area is 83.9 Å². The fourth-order valence-electron chi connectivity index (χ4n) is 0.665. The number of rotatable bonds is 2. The van der Waals surface area contributed by atoms with Gasteiger partial charge in [-0.15, -0.1) is 22.4 Å². The van der Waals surface area contributed by atoms with E-state index in [9.17, 15) is 13.2 Å². The molecule has 2 N–H and O–H groups in total. The summed E-state index contributed by atoms with van der Waals surface area (Å²) < 4.78 is 34.7. The first-order valence-corrected chi connectivity index (χ1v) is 3.23. The first kappa shape index (κ1) is 12.2. The van der Waals surface area contributed by atoms with Gasteiger partial charge in [0.2, 0.25) is 0 Å². The molecule has 0 aromatic heterocycles. The molecule has 0 fully saturated rings. The summed E-state index contributed by atoms with van der Waals surface area (Å²) in [5, 5.41) is 0. The number of halogens is 4. The lowest BCUT2D eigenvalue weighted by Gasteiger charge is -2.10. The number of alkyl halides is 3. The second-order valence-corrected chi connectivity index (χ2v) is 2.11. The van der Waals surface area contributed by atoms with Gasteiger partial charge in [0.15, 0.2) is 0 Å². The van der Waals surface area contributed by atoms with E-state index < -0.39 is 6.30 Å². The maximum Gasteiger partial charge on any atom is 0.474 e. The molecule has 0 heterocycles. The predicted octanol–water partition coefficient (Wildman–Crippen LogP) is 2.70. The minimum Gasteiger partial charge on any atom is -0.314 e. The Kier molecular flexibility index (Phi) is 4.79. The number of para-hydroxylation sites is 1. The average molecular weight is 257 g/mol. The minimum atomic E-state index is -4.41. The third-order valence-electron chi connectivity index (χ3n) is 1.12. The highest BCUT2D eigenvalue weighted by atomic mass is 79.9. The first-order chi connectivity index (χ1) is 5.58. The van der Waals surface area contributed by atoms with Crippen molar-refractivity contribution >= 4 is 22.7 Å². The topological polar surface area (TPSA) is 24.1 Å². The highest BCUT2D eigenvalue weighted by molar-refractivity contribution is 8.93. The standard InChI is InChI=1S/C7H7F3N2.BrH/c8-7(9,10)12-11-6-4-2-1-3-5-6;/h1-5,11-12H;1H. The third kappa shape index (κ3) is 5.48. The highest BCUT2D eigenvalue weighted by Crippen LogP contribution is 2.10. The Hall–Kier alpha value is -0.750. The van der Waals surface area contributed by atoms with Crippen molar-refractivity contribution in [1.82, 2.24) is 5.43 Å². The molecule has 0 saturated carbocycles. The average Bonchev–Trinajstić information content (AvgIpc) is 2.02. The van der Waals surface area contributed by atoms with Crippen molar-refractivity contribution in [1.29, 1.82) is 0 Å². The van der Waals surface area contributed by atoms with Crippen LogP contribution in [0.2, 0.25) is 0 Å². The second-order valence-electron chi connectivity index (χ2n) is 2.11. The van der Waals surface area contributed by atoms with E-state index >= 15 is 0 Å². The molecular formula is C7H8BrF3N2. The van der Waals surface area contributed by atoms with Gasteiger partial charge in [0, 0.05) is 5.69 Å². The summed E-state index contributed by atoms with van der Waals surface area (Å²) in [4.78, 5) is 0. The maximum atomic E-state index is 11.6. The van der Waals surface area contributed by atoms with E-state index in [4.69, 9.17) is 0 Å². The number of hydrogen-bond acceptors (Lipinski definition) is 2. The zero-order valence-electron chi connectivity index (χ0n) is 6.43. The molecule has 0 radical (unpaired) electrons. The Bertz CT molecular complexity index is 237. The molecule has 0 aliphatic carbocycles. The van der Waals surface area contributed by atoms with E-state index in [1.165, 1.54) is 17.6 Å². The smallest absolute Gasteiger partial charge is 0.314 e. The molecule has 1 aromatic carbocycles. The molecule has 0 bridgehead atoms. The molecule has 13 heavy (non-hydrogen) atoms. The highest BCUT2D eigenvalue weighted by Gasteiger charge is 2.26. The van der Waals surface area contributed by atoms with Crippen molar-refractivity contribution in [3.63, 3.8) is 0 Å². The van der Waals surface area contributed by atoms with Crippen LogP contribution < -0.4 is 10.9 Å². The van der Waals surface area contributed by atoms with Gasteiger partial charge >= 0.3 is 6.30 Å². The summed E-state index contributed by atoms with van der Waals surface area (Å²) in [5.74, 6) is 0. The van der Waals surface area contributed by atoms with E-state index in [-0.39, 0.29) is 17.0 Å². The Balaban J connectivity index is 0.00000144. The molecule has 1 rings (SSSR count). The van der Waals surface area contributed by atoms with E-state index in [2.05, 4.69) is 0 Å². The van der Waals surface area contributed by atoms with Crippen LogP contribution in [0.3, 0.4) is 0 Å². The Morgan fingerprint density at radius 1 is 1.00 bits per heavy atom. The number of hydrogen-bond donors (Lipinski definition) is 2. The van der Waals surface area contributed by atoms with Crippen LogP contribution in [0.15, 0.2) is 30.3 Å². The van der Waals surface area contributed by atoms with E-state index in [0.29, 0.717) is 5.69 Å². The number of nitrogens with one attached hydrogen (secondary N) is 2. The largest absolute Gasteiger partial charge is 0.474 e. The zero-order chi connectivity index (χ0) is 9.03. The van der Waals surface area contributed by atoms with Crippen molar-refractivity contribution in [2.24, 2.45) is 0 Å². The molecule has 1 aromatic rings. The number of hydrazine groups is 1.